The fraction of sp³-hybridized carbons (Fsp3) is 0.211. The molecule has 0 saturated heterocycles. The predicted molar refractivity (Wildman–Crippen MR) is 94.6 cm³/mol. The molecule has 0 radical (unpaired) electrons. The highest BCUT2D eigenvalue weighted by Crippen LogP contribution is 2.21. The highest BCUT2D eigenvalue weighted by molar-refractivity contribution is 5.94. The number of carbonyl (C=O) groups is 2. The summed E-state index contributed by atoms with van der Waals surface area (Å²) in [6, 6.07) is 13.0. The fourth-order valence-corrected chi connectivity index (χ4v) is 3.37. The molecule has 26 heavy (non-hydrogen) atoms. The van der Waals surface area contributed by atoms with E-state index in [1.807, 2.05) is 35.2 Å². The number of hydrogen-bond donors (Lipinski definition) is 3. The number of ketones is 1. The van der Waals surface area contributed by atoms with Gasteiger partial charge in [0, 0.05) is 18.5 Å². The molecule has 7 heteroatoms. The SMILES string of the molecule is O=C1Cc2cc(C(=O)NO)ccc2CN(Cc2nc3ccccc3[nH]2)C1. The lowest BCUT2D eigenvalue weighted by molar-refractivity contribution is -0.119. The Kier molecular flexibility index (Phi) is 4.24. The number of nitrogens with zero attached hydrogens (tertiary/aromatic N) is 2. The molecule has 0 spiro atoms. The van der Waals surface area contributed by atoms with Crippen molar-refractivity contribution in [2.45, 2.75) is 19.5 Å². The van der Waals surface area contributed by atoms with Crippen LogP contribution in [0.15, 0.2) is 42.5 Å². The van der Waals surface area contributed by atoms with Crippen molar-refractivity contribution in [1.82, 2.24) is 20.3 Å². The second kappa shape index (κ2) is 6.70. The smallest absolute Gasteiger partial charge is 0.274 e. The summed E-state index contributed by atoms with van der Waals surface area (Å²) in [5.41, 5.74) is 5.67. The zero-order valence-corrected chi connectivity index (χ0v) is 14.0. The van der Waals surface area contributed by atoms with Gasteiger partial charge in [0.1, 0.15) is 5.82 Å². The molecule has 4 rings (SSSR count). The molecule has 2 aromatic carbocycles. The normalized spacial score (nSPS) is 14.9. The van der Waals surface area contributed by atoms with Crippen molar-refractivity contribution >= 4 is 22.7 Å². The molecule has 2 heterocycles. The molecule has 7 nitrogen and oxygen atoms in total. The minimum absolute atomic E-state index is 0.0846. The molecule has 3 aromatic rings. The Balaban J connectivity index is 1.59. The van der Waals surface area contributed by atoms with E-state index < -0.39 is 5.91 Å². The number of para-hydroxylation sites is 2. The van der Waals surface area contributed by atoms with E-state index in [0.29, 0.717) is 25.2 Å². The summed E-state index contributed by atoms with van der Waals surface area (Å²) in [6.45, 7) is 1.46. The first-order valence-corrected chi connectivity index (χ1v) is 8.36. The highest BCUT2D eigenvalue weighted by Gasteiger charge is 2.22. The number of imidazole rings is 1. The number of aromatic nitrogens is 2. The number of rotatable bonds is 3. The van der Waals surface area contributed by atoms with Gasteiger partial charge in [-0.3, -0.25) is 19.7 Å². The van der Waals surface area contributed by atoms with Gasteiger partial charge in [0.2, 0.25) is 0 Å². The van der Waals surface area contributed by atoms with Crippen LogP contribution in [0, 0.1) is 0 Å². The molecular weight excluding hydrogens is 332 g/mol. The molecule has 0 atom stereocenters. The molecule has 3 N–H and O–H groups in total. The minimum Gasteiger partial charge on any atom is -0.341 e. The number of amides is 1. The molecule has 0 aliphatic carbocycles. The third kappa shape index (κ3) is 3.22. The summed E-state index contributed by atoms with van der Waals surface area (Å²) in [4.78, 5) is 33.8. The van der Waals surface area contributed by atoms with Gasteiger partial charge in [-0.05, 0) is 35.4 Å². The number of carbonyl (C=O) groups excluding carboxylic acids is 2. The third-order valence-corrected chi connectivity index (χ3v) is 4.56. The fourth-order valence-electron chi connectivity index (χ4n) is 3.37. The predicted octanol–water partition coefficient (Wildman–Crippen LogP) is 1.81. The van der Waals surface area contributed by atoms with Gasteiger partial charge in [-0.25, -0.2) is 10.5 Å². The van der Waals surface area contributed by atoms with Gasteiger partial charge in [0.15, 0.2) is 5.78 Å². The van der Waals surface area contributed by atoms with Crippen molar-refractivity contribution in [2.24, 2.45) is 0 Å². The van der Waals surface area contributed by atoms with Crippen LogP contribution in [-0.2, 0) is 24.3 Å². The molecule has 1 aliphatic heterocycles. The van der Waals surface area contributed by atoms with Gasteiger partial charge in [-0.15, -0.1) is 0 Å². The first-order chi connectivity index (χ1) is 12.6. The summed E-state index contributed by atoms with van der Waals surface area (Å²) in [6.07, 6.45) is 0.276. The van der Waals surface area contributed by atoms with Crippen molar-refractivity contribution in [2.75, 3.05) is 6.54 Å². The number of hydrogen-bond acceptors (Lipinski definition) is 5. The number of hydroxylamine groups is 1. The Bertz CT molecular complexity index is 962. The second-order valence-electron chi connectivity index (χ2n) is 6.49. The molecule has 1 aliphatic rings. The van der Waals surface area contributed by atoms with E-state index in [-0.39, 0.29) is 12.2 Å². The van der Waals surface area contributed by atoms with Crippen LogP contribution in [0.1, 0.15) is 27.3 Å². The van der Waals surface area contributed by atoms with Crippen LogP contribution in [0.5, 0.6) is 0 Å². The Labute approximate surface area is 149 Å². The van der Waals surface area contributed by atoms with E-state index >= 15 is 0 Å². The molecular formula is C19H18N4O3. The molecule has 1 amide bonds. The van der Waals surface area contributed by atoms with E-state index in [1.54, 1.807) is 17.6 Å². The lowest BCUT2D eigenvalue weighted by Gasteiger charge is -2.18. The van der Waals surface area contributed by atoms with Crippen LogP contribution in [0.2, 0.25) is 0 Å². The van der Waals surface area contributed by atoms with E-state index in [2.05, 4.69) is 9.97 Å². The van der Waals surface area contributed by atoms with Crippen molar-refractivity contribution in [3.8, 4) is 0 Å². The van der Waals surface area contributed by atoms with Crippen LogP contribution in [0.3, 0.4) is 0 Å². The quantitative estimate of drug-likeness (QED) is 0.494. The van der Waals surface area contributed by atoms with E-state index in [9.17, 15) is 9.59 Å². The molecule has 132 valence electrons. The topological polar surface area (TPSA) is 98.3 Å². The standard InChI is InChI=1S/C19H18N4O3/c24-15-8-14-7-12(19(25)22-26)5-6-13(14)9-23(10-15)11-18-20-16-3-1-2-4-17(16)21-18/h1-7,26H,8-11H2,(H,20,21)(H,22,25). The molecule has 0 unspecified atom stereocenters. The van der Waals surface area contributed by atoms with Crippen molar-refractivity contribution < 1.29 is 14.8 Å². The lowest BCUT2D eigenvalue weighted by atomic mass is 10.0. The third-order valence-electron chi connectivity index (χ3n) is 4.56. The Morgan fingerprint density at radius 1 is 1.19 bits per heavy atom. The van der Waals surface area contributed by atoms with Gasteiger partial charge in [0.25, 0.3) is 5.91 Å². The van der Waals surface area contributed by atoms with E-state index in [1.165, 1.54) is 0 Å². The van der Waals surface area contributed by atoms with Crippen molar-refractivity contribution in [3.05, 3.63) is 65.0 Å². The molecule has 1 aromatic heterocycles. The zero-order valence-electron chi connectivity index (χ0n) is 14.0. The first-order valence-electron chi connectivity index (χ1n) is 8.36. The summed E-state index contributed by atoms with van der Waals surface area (Å²) in [5.74, 6) is 0.323. The molecule has 0 fully saturated rings. The summed E-state index contributed by atoms with van der Waals surface area (Å²) in [7, 11) is 0. The number of nitrogens with one attached hydrogen (secondary N) is 2. The average molecular weight is 350 g/mol. The molecule has 0 bridgehead atoms. The van der Waals surface area contributed by atoms with Crippen LogP contribution < -0.4 is 5.48 Å². The van der Waals surface area contributed by atoms with Crippen LogP contribution >= 0.6 is 0 Å². The zero-order chi connectivity index (χ0) is 18.1. The van der Waals surface area contributed by atoms with E-state index in [0.717, 1.165) is 28.0 Å². The highest BCUT2D eigenvalue weighted by atomic mass is 16.5. The first kappa shape index (κ1) is 16.4. The van der Waals surface area contributed by atoms with Crippen LogP contribution in [-0.4, -0.2) is 38.3 Å². The molecule has 0 saturated carbocycles. The monoisotopic (exact) mass is 350 g/mol. The summed E-state index contributed by atoms with van der Waals surface area (Å²) in [5, 5.41) is 8.78. The van der Waals surface area contributed by atoms with Gasteiger partial charge in [-0.2, -0.15) is 0 Å². The van der Waals surface area contributed by atoms with Gasteiger partial charge < -0.3 is 4.98 Å². The number of fused-ring (bicyclic) bond motifs is 2. The maximum absolute atomic E-state index is 12.3. The van der Waals surface area contributed by atoms with Crippen molar-refractivity contribution in [1.29, 1.82) is 0 Å². The van der Waals surface area contributed by atoms with Gasteiger partial charge in [0.05, 0.1) is 24.1 Å². The maximum atomic E-state index is 12.3. The van der Waals surface area contributed by atoms with Crippen LogP contribution in [0.4, 0.5) is 0 Å². The number of benzene rings is 2. The van der Waals surface area contributed by atoms with Crippen LogP contribution in [0.25, 0.3) is 11.0 Å². The summed E-state index contributed by atoms with van der Waals surface area (Å²) < 4.78 is 0. The van der Waals surface area contributed by atoms with Crippen molar-refractivity contribution in [3.63, 3.8) is 0 Å². The Morgan fingerprint density at radius 3 is 2.85 bits per heavy atom. The maximum Gasteiger partial charge on any atom is 0.274 e. The minimum atomic E-state index is -0.580. The van der Waals surface area contributed by atoms with Gasteiger partial charge >= 0.3 is 0 Å². The Hall–Kier alpha value is -3.03. The number of Topliss-reactive ketones (excluding diaryl/α,β-unsaturated/α-hetero) is 1. The van der Waals surface area contributed by atoms with Gasteiger partial charge in [-0.1, -0.05) is 18.2 Å². The Morgan fingerprint density at radius 2 is 2.04 bits per heavy atom. The summed E-state index contributed by atoms with van der Waals surface area (Å²) >= 11 is 0. The number of H-pyrrole nitrogens is 1. The number of aromatic amines is 1. The van der Waals surface area contributed by atoms with E-state index in [4.69, 9.17) is 5.21 Å². The average Bonchev–Trinajstić information content (AvgIpc) is 2.96. The largest absolute Gasteiger partial charge is 0.341 e. The second-order valence-corrected chi connectivity index (χ2v) is 6.49. The lowest BCUT2D eigenvalue weighted by Crippen LogP contribution is -2.27.